The minimum atomic E-state index is -0.00240. The van der Waals surface area contributed by atoms with Gasteiger partial charge in [-0.15, -0.1) is 0 Å². The van der Waals surface area contributed by atoms with Crippen LogP contribution in [0.15, 0.2) is 127 Å². The van der Waals surface area contributed by atoms with Crippen LogP contribution in [0, 0.1) is 6.92 Å². The minimum absolute atomic E-state index is 0.00240. The number of rotatable bonds is 3. The molecule has 0 radical (unpaired) electrons. The van der Waals surface area contributed by atoms with Gasteiger partial charge in [-0.1, -0.05) is 147 Å². The first-order chi connectivity index (χ1) is 24.6. The van der Waals surface area contributed by atoms with E-state index in [-0.39, 0.29) is 23.0 Å². The zero-order valence-corrected chi connectivity index (χ0v) is 32.6. The molecule has 0 fully saturated rings. The van der Waals surface area contributed by atoms with Gasteiger partial charge in [-0.25, -0.2) is 0 Å². The summed E-state index contributed by atoms with van der Waals surface area (Å²) in [5, 5.41) is 0. The molecule has 0 aliphatic carbocycles. The first-order valence-corrected chi connectivity index (χ1v) is 18.9. The van der Waals surface area contributed by atoms with E-state index in [0.717, 1.165) is 0 Å². The molecule has 0 spiro atoms. The Balaban J connectivity index is 1.48. The lowest BCUT2D eigenvalue weighted by Crippen LogP contribution is -2.61. The Hall–Kier alpha value is -5.02. The van der Waals surface area contributed by atoms with Gasteiger partial charge in [-0.2, -0.15) is 0 Å². The summed E-state index contributed by atoms with van der Waals surface area (Å²) in [5.74, 6) is 0. The molecule has 2 aliphatic heterocycles. The van der Waals surface area contributed by atoms with Crippen molar-refractivity contribution >= 4 is 57.2 Å². The monoisotopic (exact) mass is 678 g/mol. The predicted molar refractivity (Wildman–Crippen MR) is 227 cm³/mol. The largest absolute Gasteiger partial charge is 0.311 e. The quantitative estimate of drug-likeness (QED) is 0.172. The van der Waals surface area contributed by atoms with Crippen LogP contribution in [0.3, 0.4) is 0 Å². The SMILES string of the molecule is Cc1cc2c3c(c1)N(c1ccccc1-c1ccccc1)c1cc(C(C)(C)C)ccc1B3c1cc(C(C)(C)C)ccc1N2c1ccc(C(C)(C)C)cc1. The fraction of sp³-hybridized carbons (Fsp3) is 0.265. The zero-order chi connectivity index (χ0) is 36.7. The number of hydrogen-bond acceptors (Lipinski definition) is 2. The lowest BCUT2D eigenvalue weighted by Gasteiger charge is -2.45. The van der Waals surface area contributed by atoms with Crippen molar-refractivity contribution in [2.45, 2.75) is 85.5 Å². The average molecular weight is 679 g/mol. The summed E-state index contributed by atoms with van der Waals surface area (Å²) in [6, 6.07) is 48.5. The van der Waals surface area contributed by atoms with Gasteiger partial charge in [0.15, 0.2) is 0 Å². The van der Waals surface area contributed by atoms with Crippen molar-refractivity contribution in [1.29, 1.82) is 0 Å². The lowest BCUT2D eigenvalue weighted by atomic mass is 9.33. The Morgan fingerprint density at radius 1 is 0.423 bits per heavy atom. The van der Waals surface area contributed by atoms with Crippen LogP contribution in [0.4, 0.5) is 34.1 Å². The number of anilines is 6. The van der Waals surface area contributed by atoms with E-state index in [0.29, 0.717) is 0 Å². The number of aryl methyl sites for hydroxylation is 1. The van der Waals surface area contributed by atoms with E-state index < -0.39 is 0 Å². The van der Waals surface area contributed by atoms with Crippen molar-refractivity contribution in [2.75, 3.05) is 9.80 Å². The molecule has 0 aromatic heterocycles. The normalized spacial score (nSPS) is 13.8. The molecule has 0 bridgehead atoms. The minimum Gasteiger partial charge on any atom is -0.311 e. The van der Waals surface area contributed by atoms with Crippen molar-refractivity contribution < 1.29 is 0 Å². The fourth-order valence-corrected chi connectivity index (χ4v) is 8.25. The molecular weight excluding hydrogens is 627 g/mol. The van der Waals surface area contributed by atoms with Crippen molar-refractivity contribution in [3.8, 4) is 11.1 Å². The number of nitrogens with zero attached hydrogens (tertiary/aromatic N) is 2. The maximum Gasteiger partial charge on any atom is 0.252 e. The van der Waals surface area contributed by atoms with E-state index in [1.54, 1.807) is 0 Å². The average Bonchev–Trinajstić information content (AvgIpc) is 3.10. The van der Waals surface area contributed by atoms with E-state index in [2.05, 4.69) is 206 Å². The van der Waals surface area contributed by atoms with Crippen LogP contribution in [0.25, 0.3) is 11.1 Å². The van der Waals surface area contributed by atoms with Crippen molar-refractivity contribution in [2.24, 2.45) is 0 Å². The number of benzene rings is 6. The molecule has 2 heterocycles. The summed E-state index contributed by atoms with van der Waals surface area (Å²) in [7, 11) is 0. The van der Waals surface area contributed by atoms with Gasteiger partial charge in [0, 0.05) is 34.0 Å². The molecule has 0 amide bonds. The molecule has 0 saturated carbocycles. The van der Waals surface area contributed by atoms with E-state index in [9.17, 15) is 0 Å². The second-order valence-electron chi connectivity index (χ2n) is 18.0. The maximum atomic E-state index is 2.58. The van der Waals surface area contributed by atoms with Gasteiger partial charge >= 0.3 is 0 Å². The molecule has 0 atom stereocenters. The van der Waals surface area contributed by atoms with E-state index in [4.69, 9.17) is 0 Å². The summed E-state index contributed by atoms with van der Waals surface area (Å²) >= 11 is 0. The third-order valence-electron chi connectivity index (χ3n) is 11.2. The van der Waals surface area contributed by atoms with Crippen molar-refractivity contribution in [3.05, 3.63) is 150 Å². The highest BCUT2D eigenvalue weighted by Gasteiger charge is 2.44. The van der Waals surface area contributed by atoms with Crippen LogP contribution >= 0.6 is 0 Å². The highest BCUT2D eigenvalue weighted by Crippen LogP contribution is 2.47. The fourth-order valence-electron chi connectivity index (χ4n) is 8.25. The Bertz CT molecular complexity index is 2310. The van der Waals surface area contributed by atoms with Gasteiger partial charge in [-0.05, 0) is 110 Å². The molecule has 52 heavy (non-hydrogen) atoms. The third-order valence-corrected chi connectivity index (χ3v) is 11.2. The van der Waals surface area contributed by atoms with Crippen molar-refractivity contribution in [3.63, 3.8) is 0 Å². The van der Waals surface area contributed by atoms with Crippen LogP contribution in [-0.4, -0.2) is 6.71 Å². The third kappa shape index (κ3) is 5.66. The number of fused-ring (bicyclic) bond motifs is 4. The molecule has 2 nitrogen and oxygen atoms in total. The summed E-state index contributed by atoms with van der Waals surface area (Å²) in [6.45, 7) is 23.2. The number of hydrogen-bond donors (Lipinski definition) is 0. The lowest BCUT2D eigenvalue weighted by molar-refractivity contribution is 0.590. The van der Waals surface area contributed by atoms with Crippen LogP contribution in [0.2, 0.25) is 0 Å². The second-order valence-corrected chi connectivity index (χ2v) is 18.0. The van der Waals surface area contributed by atoms with E-state index in [1.165, 1.54) is 83.9 Å². The van der Waals surface area contributed by atoms with Crippen molar-refractivity contribution in [1.82, 2.24) is 0 Å². The number of para-hydroxylation sites is 1. The highest BCUT2D eigenvalue weighted by molar-refractivity contribution is 7.00. The standard InChI is InChI=1S/C49H51BN2/c1-32-28-44-46-45(29-32)52(41-19-15-14-18-38(41)33-16-12-11-13-17-33)43-31-36(49(8,9)10)22-26-39(43)50(46)40-30-35(48(5,6)7)23-27-42(40)51(44)37-24-20-34(21-25-37)47(2,3)4/h11-31H,1-10H3. The summed E-state index contributed by atoms with van der Waals surface area (Å²) in [6.07, 6.45) is 0. The van der Waals surface area contributed by atoms with Crippen LogP contribution in [0.5, 0.6) is 0 Å². The summed E-state index contributed by atoms with van der Waals surface area (Å²) in [5.41, 5.74) is 19.3. The van der Waals surface area contributed by atoms with Crippen LogP contribution in [0.1, 0.15) is 84.6 Å². The Morgan fingerprint density at radius 2 is 0.981 bits per heavy atom. The molecule has 8 rings (SSSR count). The topological polar surface area (TPSA) is 6.48 Å². The maximum absolute atomic E-state index is 2.58. The molecule has 0 saturated heterocycles. The van der Waals surface area contributed by atoms with Crippen LogP contribution in [-0.2, 0) is 16.2 Å². The molecule has 260 valence electrons. The molecule has 3 heteroatoms. The molecule has 0 N–H and O–H groups in total. The highest BCUT2D eigenvalue weighted by atomic mass is 15.2. The predicted octanol–water partition coefficient (Wildman–Crippen LogP) is 11.6. The van der Waals surface area contributed by atoms with Gasteiger partial charge in [-0.3, -0.25) is 0 Å². The molecule has 6 aromatic rings. The molecule has 6 aromatic carbocycles. The van der Waals surface area contributed by atoms with Gasteiger partial charge in [0.2, 0.25) is 0 Å². The molecule has 2 aliphatic rings. The first-order valence-electron chi connectivity index (χ1n) is 18.9. The molecule has 0 unspecified atom stereocenters. The second kappa shape index (κ2) is 12.0. The van der Waals surface area contributed by atoms with Gasteiger partial charge in [0.05, 0.1) is 5.69 Å². The zero-order valence-electron chi connectivity index (χ0n) is 32.6. The molecular formula is C49H51BN2. The van der Waals surface area contributed by atoms with E-state index in [1.807, 2.05) is 0 Å². The summed E-state index contributed by atoms with van der Waals surface area (Å²) < 4.78 is 0. The Labute approximate surface area is 312 Å². The Kier molecular flexibility index (Phi) is 7.88. The van der Waals surface area contributed by atoms with Gasteiger partial charge < -0.3 is 9.80 Å². The van der Waals surface area contributed by atoms with E-state index >= 15 is 0 Å². The Morgan fingerprint density at radius 3 is 1.63 bits per heavy atom. The van der Waals surface area contributed by atoms with Gasteiger partial charge in [0.25, 0.3) is 6.71 Å². The van der Waals surface area contributed by atoms with Crippen LogP contribution < -0.4 is 26.2 Å². The summed E-state index contributed by atoms with van der Waals surface area (Å²) in [4.78, 5) is 5.11. The first kappa shape index (κ1) is 34.1. The van der Waals surface area contributed by atoms with Gasteiger partial charge in [0.1, 0.15) is 0 Å². The smallest absolute Gasteiger partial charge is 0.252 e.